The summed E-state index contributed by atoms with van der Waals surface area (Å²) in [5.74, 6) is 3.08. The molecule has 37 heavy (non-hydrogen) atoms. The van der Waals surface area contributed by atoms with Crippen LogP contribution in [-0.4, -0.2) is 7.11 Å². The Labute approximate surface area is 219 Å². The molecule has 4 nitrogen and oxygen atoms in total. The minimum Gasteiger partial charge on any atom is -0.497 e. The summed E-state index contributed by atoms with van der Waals surface area (Å²) in [4.78, 5) is 0. The fraction of sp³-hybridized carbons (Fsp3) is 0.273. The number of ether oxygens (including phenoxy) is 4. The average Bonchev–Trinajstić information content (AvgIpc) is 3.25. The van der Waals surface area contributed by atoms with Crippen LogP contribution in [0.3, 0.4) is 0 Å². The van der Waals surface area contributed by atoms with Crippen LogP contribution < -0.4 is 14.2 Å². The fourth-order valence-electron chi connectivity index (χ4n) is 4.93. The molecule has 0 spiro atoms. The quantitative estimate of drug-likeness (QED) is 0.237. The Kier molecular flexibility index (Phi) is 7.76. The predicted octanol–water partition coefficient (Wildman–Crippen LogP) is 7.94. The van der Waals surface area contributed by atoms with Gasteiger partial charge in [0.05, 0.1) is 19.3 Å². The first-order chi connectivity index (χ1) is 18.1. The van der Waals surface area contributed by atoms with E-state index in [1.807, 2.05) is 60.7 Å². The third-order valence-electron chi connectivity index (χ3n) is 7.30. The molecule has 0 N–H and O–H groups in total. The Morgan fingerprint density at radius 1 is 0.622 bits per heavy atom. The summed E-state index contributed by atoms with van der Waals surface area (Å²) in [6, 6.07) is 34.7. The summed E-state index contributed by atoms with van der Waals surface area (Å²) in [6.45, 7) is 5.51. The Morgan fingerprint density at radius 3 is 1.81 bits per heavy atom. The maximum Gasteiger partial charge on any atom is 0.129 e. The highest BCUT2D eigenvalue weighted by molar-refractivity contribution is 5.43. The molecule has 0 aromatic heterocycles. The molecule has 190 valence electrons. The molecule has 0 aliphatic carbocycles. The molecule has 1 heterocycles. The minimum atomic E-state index is -0.0870. The van der Waals surface area contributed by atoms with Crippen LogP contribution in [0.15, 0.2) is 103 Å². The van der Waals surface area contributed by atoms with Crippen molar-refractivity contribution >= 4 is 0 Å². The fourth-order valence-corrected chi connectivity index (χ4v) is 4.93. The molecule has 1 fully saturated rings. The van der Waals surface area contributed by atoms with Crippen LogP contribution >= 0.6 is 0 Å². The van der Waals surface area contributed by atoms with Crippen molar-refractivity contribution in [2.75, 3.05) is 7.11 Å². The van der Waals surface area contributed by atoms with Gasteiger partial charge in [0, 0.05) is 11.6 Å². The van der Waals surface area contributed by atoms with Gasteiger partial charge in [-0.05, 0) is 52.8 Å². The van der Waals surface area contributed by atoms with Crippen LogP contribution in [0.25, 0.3) is 0 Å². The summed E-state index contributed by atoms with van der Waals surface area (Å²) < 4.78 is 24.6. The van der Waals surface area contributed by atoms with Gasteiger partial charge in [0.25, 0.3) is 0 Å². The highest BCUT2D eigenvalue weighted by Crippen LogP contribution is 2.51. The van der Waals surface area contributed by atoms with E-state index in [2.05, 4.69) is 56.3 Å². The standard InChI is InChI=1S/C33H34O4/c1-23-24(2)33(37-32(23)27-14-16-28(34-3)17-15-27)30-19-18-29(35-21-25-10-6-4-7-11-25)20-31(30)36-22-26-12-8-5-9-13-26/h4-20,23-24,32-33H,21-22H2,1-3H3/t23?,24-,32-,33-/m0/s1. The van der Waals surface area contributed by atoms with Crippen molar-refractivity contribution in [1.29, 1.82) is 0 Å². The normalized spacial score (nSPS) is 20.9. The van der Waals surface area contributed by atoms with Gasteiger partial charge in [-0.2, -0.15) is 0 Å². The minimum absolute atomic E-state index is 0.00175. The van der Waals surface area contributed by atoms with Gasteiger partial charge in [0.2, 0.25) is 0 Å². The second-order valence-electron chi connectivity index (χ2n) is 9.72. The average molecular weight is 495 g/mol. The molecular formula is C33H34O4. The number of benzene rings is 4. The molecule has 5 rings (SSSR count). The third kappa shape index (κ3) is 5.81. The largest absolute Gasteiger partial charge is 0.497 e. The van der Waals surface area contributed by atoms with Crippen LogP contribution in [0.4, 0.5) is 0 Å². The SMILES string of the molecule is COc1ccc([C@H]2O[C@H](c3ccc(OCc4ccccc4)cc3OCc3ccccc3)[C@@H](C)C2C)cc1. The lowest BCUT2D eigenvalue weighted by atomic mass is 9.85. The summed E-state index contributed by atoms with van der Waals surface area (Å²) in [5, 5.41) is 0. The van der Waals surface area contributed by atoms with E-state index < -0.39 is 0 Å². The van der Waals surface area contributed by atoms with E-state index in [9.17, 15) is 0 Å². The van der Waals surface area contributed by atoms with E-state index >= 15 is 0 Å². The Bertz CT molecular complexity index is 1270. The molecule has 0 saturated carbocycles. The van der Waals surface area contributed by atoms with Crippen LogP contribution in [0.2, 0.25) is 0 Å². The van der Waals surface area contributed by atoms with E-state index in [1.165, 1.54) is 0 Å². The molecule has 1 aliphatic rings. The molecule has 0 radical (unpaired) electrons. The summed E-state index contributed by atoms with van der Waals surface area (Å²) in [6.07, 6.45) is -0.0852. The number of rotatable bonds is 9. The monoisotopic (exact) mass is 494 g/mol. The van der Waals surface area contributed by atoms with Gasteiger partial charge < -0.3 is 18.9 Å². The van der Waals surface area contributed by atoms with Crippen molar-refractivity contribution in [1.82, 2.24) is 0 Å². The zero-order valence-electron chi connectivity index (χ0n) is 21.7. The third-order valence-corrected chi connectivity index (χ3v) is 7.30. The van der Waals surface area contributed by atoms with Crippen molar-refractivity contribution < 1.29 is 18.9 Å². The van der Waals surface area contributed by atoms with Crippen LogP contribution in [0.1, 0.15) is 48.3 Å². The maximum absolute atomic E-state index is 6.73. The topological polar surface area (TPSA) is 36.9 Å². The summed E-state index contributed by atoms with van der Waals surface area (Å²) >= 11 is 0. The Morgan fingerprint density at radius 2 is 1.19 bits per heavy atom. The van der Waals surface area contributed by atoms with Crippen molar-refractivity contribution in [3.05, 3.63) is 125 Å². The van der Waals surface area contributed by atoms with Crippen LogP contribution in [0, 0.1) is 11.8 Å². The van der Waals surface area contributed by atoms with Gasteiger partial charge in [-0.15, -0.1) is 0 Å². The molecule has 4 aromatic carbocycles. The van der Waals surface area contributed by atoms with E-state index in [0.717, 1.165) is 39.5 Å². The van der Waals surface area contributed by atoms with Gasteiger partial charge in [-0.3, -0.25) is 0 Å². The van der Waals surface area contributed by atoms with Gasteiger partial charge in [-0.25, -0.2) is 0 Å². The van der Waals surface area contributed by atoms with E-state index in [4.69, 9.17) is 18.9 Å². The molecule has 1 unspecified atom stereocenters. The molecule has 1 aliphatic heterocycles. The molecule has 0 amide bonds. The lowest BCUT2D eigenvalue weighted by Gasteiger charge is -2.21. The van der Waals surface area contributed by atoms with Gasteiger partial charge in [-0.1, -0.05) is 86.6 Å². The van der Waals surface area contributed by atoms with Gasteiger partial charge in [0.1, 0.15) is 30.5 Å². The molecule has 4 heteroatoms. The molecule has 4 aromatic rings. The molecule has 0 bridgehead atoms. The molecule has 1 saturated heterocycles. The van der Waals surface area contributed by atoms with Crippen molar-refractivity contribution in [2.45, 2.75) is 39.3 Å². The maximum atomic E-state index is 6.73. The van der Waals surface area contributed by atoms with E-state index in [0.29, 0.717) is 25.0 Å². The summed E-state index contributed by atoms with van der Waals surface area (Å²) in [5.41, 5.74) is 4.46. The van der Waals surface area contributed by atoms with Gasteiger partial charge in [0.15, 0.2) is 0 Å². The van der Waals surface area contributed by atoms with Crippen molar-refractivity contribution in [3.8, 4) is 17.2 Å². The van der Waals surface area contributed by atoms with E-state index in [-0.39, 0.29) is 12.2 Å². The predicted molar refractivity (Wildman–Crippen MR) is 146 cm³/mol. The molecular weight excluding hydrogens is 460 g/mol. The van der Waals surface area contributed by atoms with Crippen molar-refractivity contribution in [2.24, 2.45) is 11.8 Å². The second-order valence-corrected chi connectivity index (χ2v) is 9.72. The second kappa shape index (κ2) is 11.5. The number of hydrogen-bond donors (Lipinski definition) is 0. The van der Waals surface area contributed by atoms with Crippen LogP contribution in [0.5, 0.6) is 17.2 Å². The lowest BCUT2D eigenvalue weighted by Crippen LogP contribution is -2.11. The van der Waals surface area contributed by atoms with Crippen molar-refractivity contribution in [3.63, 3.8) is 0 Å². The van der Waals surface area contributed by atoms with Gasteiger partial charge >= 0.3 is 0 Å². The summed E-state index contributed by atoms with van der Waals surface area (Å²) in [7, 11) is 1.69. The number of hydrogen-bond acceptors (Lipinski definition) is 4. The van der Waals surface area contributed by atoms with Crippen LogP contribution in [-0.2, 0) is 18.0 Å². The zero-order valence-corrected chi connectivity index (χ0v) is 21.7. The first-order valence-corrected chi connectivity index (χ1v) is 12.9. The lowest BCUT2D eigenvalue weighted by molar-refractivity contribution is 0.0272. The molecule has 4 atom stereocenters. The first kappa shape index (κ1) is 24.9. The highest BCUT2D eigenvalue weighted by atomic mass is 16.5. The Hall–Kier alpha value is -3.76. The number of methoxy groups -OCH3 is 1. The highest BCUT2D eigenvalue weighted by Gasteiger charge is 2.41. The smallest absolute Gasteiger partial charge is 0.129 e. The zero-order chi connectivity index (χ0) is 25.6. The van der Waals surface area contributed by atoms with E-state index in [1.54, 1.807) is 7.11 Å². The Balaban J connectivity index is 1.40. The first-order valence-electron chi connectivity index (χ1n) is 12.9.